The van der Waals surface area contributed by atoms with Crippen molar-refractivity contribution in [1.82, 2.24) is 0 Å². The van der Waals surface area contributed by atoms with Crippen LogP contribution in [0.25, 0.3) is 10.4 Å². The number of hydrogen-bond donors (Lipinski definition) is 1. The number of halogens is 1. The highest BCUT2D eigenvalue weighted by molar-refractivity contribution is 5.54. The zero-order valence-electron chi connectivity index (χ0n) is 6.32. The largest absolute Gasteiger partial charge is 0.507 e. The van der Waals surface area contributed by atoms with E-state index in [1.807, 2.05) is 0 Å². The summed E-state index contributed by atoms with van der Waals surface area (Å²) in [5.74, 6) is -0.836. The number of phenolic OH excluding ortho intramolecular Hbond substituents is 1. The molecule has 0 radical (unpaired) electrons. The first-order chi connectivity index (χ1) is 5.66. The van der Waals surface area contributed by atoms with Gasteiger partial charge in [0.2, 0.25) is 0 Å². The Balaban J connectivity index is 3.35. The molecule has 0 saturated heterocycles. The van der Waals surface area contributed by atoms with Crippen LogP contribution in [0.3, 0.4) is 0 Å². The first-order valence-corrected chi connectivity index (χ1v) is 3.20. The van der Waals surface area contributed by atoms with Crippen molar-refractivity contribution in [3.63, 3.8) is 0 Å². The summed E-state index contributed by atoms with van der Waals surface area (Å²) in [6, 6.07) is 2.36. The summed E-state index contributed by atoms with van der Waals surface area (Å²) in [6.45, 7) is 1.40. The van der Waals surface area contributed by atoms with Crippen molar-refractivity contribution < 1.29 is 9.50 Å². The van der Waals surface area contributed by atoms with Crippen LogP contribution in [-0.4, -0.2) is 5.11 Å². The lowest BCUT2D eigenvalue weighted by Crippen LogP contribution is -1.81. The molecule has 0 unspecified atom stereocenters. The summed E-state index contributed by atoms with van der Waals surface area (Å²) < 4.78 is 12.7. The Kier molecular flexibility index (Phi) is 2.16. The molecule has 1 N–H and O–H groups in total. The van der Waals surface area contributed by atoms with Gasteiger partial charge < -0.3 is 5.11 Å². The topological polar surface area (TPSA) is 69.0 Å². The van der Waals surface area contributed by atoms with Crippen molar-refractivity contribution in [1.29, 1.82) is 0 Å². The fourth-order valence-corrected chi connectivity index (χ4v) is 0.790. The van der Waals surface area contributed by atoms with Crippen molar-refractivity contribution >= 4 is 5.69 Å². The molecule has 0 spiro atoms. The predicted octanol–water partition coefficient (Wildman–Crippen LogP) is 2.78. The van der Waals surface area contributed by atoms with Crippen molar-refractivity contribution in [2.24, 2.45) is 5.11 Å². The fourth-order valence-electron chi connectivity index (χ4n) is 0.790. The Bertz CT molecular complexity index is 358. The van der Waals surface area contributed by atoms with Crippen LogP contribution in [0.4, 0.5) is 10.1 Å². The van der Waals surface area contributed by atoms with E-state index in [1.165, 1.54) is 13.0 Å². The van der Waals surface area contributed by atoms with Crippen molar-refractivity contribution in [3.05, 3.63) is 34.0 Å². The number of benzene rings is 1. The lowest BCUT2D eigenvalue weighted by molar-refractivity contribution is 0.464. The minimum atomic E-state index is -0.524. The maximum atomic E-state index is 12.7. The monoisotopic (exact) mass is 167 g/mol. The van der Waals surface area contributed by atoms with Gasteiger partial charge in [-0.1, -0.05) is 5.11 Å². The van der Waals surface area contributed by atoms with E-state index in [4.69, 9.17) is 5.53 Å². The third-order valence-corrected chi connectivity index (χ3v) is 1.50. The molecule has 5 heteroatoms. The van der Waals surface area contributed by atoms with Gasteiger partial charge in [0.05, 0.1) is 5.69 Å². The Hall–Kier alpha value is -1.74. The first-order valence-electron chi connectivity index (χ1n) is 3.20. The molecule has 1 rings (SSSR count). The van der Waals surface area contributed by atoms with Crippen LogP contribution >= 0.6 is 0 Å². The van der Waals surface area contributed by atoms with Crippen LogP contribution in [0.1, 0.15) is 5.56 Å². The number of hydrogen-bond acceptors (Lipinski definition) is 2. The molecule has 1 aromatic carbocycles. The molecule has 0 aliphatic carbocycles. The molecule has 0 fully saturated rings. The summed E-state index contributed by atoms with van der Waals surface area (Å²) in [4.78, 5) is 2.48. The van der Waals surface area contributed by atoms with Gasteiger partial charge in [0.1, 0.15) is 11.6 Å². The summed E-state index contributed by atoms with van der Waals surface area (Å²) in [5, 5.41) is 12.4. The van der Waals surface area contributed by atoms with Crippen molar-refractivity contribution in [2.75, 3.05) is 0 Å². The highest BCUT2D eigenvalue weighted by atomic mass is 19.1. The maximum absolute atomic E-state index is 12.7. The summed E-state index contributed by atoms with van der Waals surface area (Å²) in [5.41, 5.74) is 8.18. The molecule has 0 aromatic heterocycles. The quantitative estimate of drug-likeness (QED) is 0.390. The van der Waals surface area contributed by atoms with Crippen LogP contribution in [0, 0.1) is 12.7 Å². The number of azide groups is 1. The molecule has 0 heterocycles. The van der Waals surface area contributed by atoms with Gasteiger partial charge in [0.25, 0.3) is 0 Å². The van der Waals surface area contributed by atoms with Gasteiger partial charge in [-0.25, -0.2) is 4.39 Å². The smallest absolute Gasteiger partial charge is 0.130 e. The molecule has 0 amide bonds. The number of aromatic hydroxyl groups is 1. The molecule has 0 aliphatic rings. The van der Waals surface area contributed by atoms with Gasteiger partial charge in [0.15, 0.2) is 0 Å². The van der Waals surface area contributed by atoms with Crippen LogP contribution in [0.5, 0.6) is 5.75 Å². The molecule has 0 atom stereocenters. The van der Waals surface area contributed by atoms with Gasteiger partial charge in [-0.2, -0.15) is 0 Å². The van der Waals surface area contributed by atoms with Gasteiger partial charge in [-0.05, 0) is 24.6 Å². The summed E-state index contributed by atoms with van der Waals surface area (Å²) >= 11 is 0. The van der Waals surface area contributed by atoms with Crippen LogP contribution in [0.15, 0.2) is 17.2 Å². The number of rotatable bonds is 1. The Morgan fingerprint density at radius 3 is 2.83 bits per heavy atom. The molecule has 4 nitrogen and oxygen atoms in total. The zero-order chi connectivity index (χ0) is 9.14. The Morgan fingerprint density at radius 1 is 1.58 bits per heavy atom. The zero-order valence-corrected chi connectivity index (χ0v) is 6.32. The van der Waals surface area contributed by atoms with E-state index in [9.17, 15) is 9.50 Å². The number of phenols is 1. The molecule has 62 valence electrons. The first kappa shape index (κ1) is 8.36. The van der Waals surface area contributed by atoms with E-state index in [1.54, 1.807) is 0 Å². The van der Waals surface area contributed by atoms with Gasteiger partial charge in [0, 0.05) is 10.5 Å². The Labute approximate surface area is 67.9 Å². The van der Waals surface area contributed by atoms with Gasteiger partial charge in [-0.15, -0.1) is 0 Å². The minimum absolute atomic E-state index is 0.0383. The molecular weight excluding hydrogens is 161 g/mol. The molecule has 0 saturated carbocycles. The maximum Gasteiger partial charge on any atom is 0.130 e. The molecule has 0 aliphatic heterocycles. The molecular formula is C7H6FN3O. The van der Waals surface area contributed by atoms with Crippen molar-refractivity contribution in [3.8, 4) is 5.75 Å². The van der Waals surface area contributed by atoms with Crippen LogP contribution in [0.2, 0.25) is 0 Å². The van der Waals surface area contributed by atoms with Crippen LogP contribution < -0.4 is 0 Å². The fraction of sp³-hybridized carbons (Fsp3) is 0.143. The summed E-state index contributed by atoms with van der Waals surface area (Å²) in [6.07, 6.45) is 0. The molecule has 12 heavy (non-hydrogen) atoms. The van der Waals surface area contributed by atoms with Crippen LogP contribution in [-0.2, 0) is 0 Å². The van der Waals surface area contributed by atoms with E-state index >= 15 is 0 Å². The minimum Gasteiger partial charge on any atom is -0.507 e. The molecule has 0 bridgehead atoms. The second-order valence-corrected chi connectivity index (χ2v) is 2.23. The van der Waals surface area contributed by atoms with Crippen molar-refractivity contribution in [2.45, 2.75) is 6.92 Å². The lowest BCUT2D eigenvalue weighted by Gasteiger charge is -2.01. The summed E-state index contributed by atoms with van der Waals surface area (Å²) in [7, 11) is 0. The average molecular weight is 167 g/mol. The Morgan fingerprint density at radius 2 is 2.25 bits per heavy atom. The molecule has 1 aromatic rings. The SMILES string of the molecule is Cc1c(F)ccc(N=[N+]=[N-])c1O. The van der Waals surface area contributed by atoms with E-state index in [0.717, 1.165) is 6.07 Å². The highest BCUT2D eigenvalue weighted by Gasteiger charge is 2.06. The third-order valence-electron chi connectivity index (χ3n) is 1.50. The standard InChI is InChI=1S/C7H6FN3O/c1-4-5(8)2-3-6(7(4)12)10-11-9/h2-3,12H,1H3. The van der Waals surface area contributed by atoms with Gasteiger partial charge in [-0.3, -0.25) is 0 Å². The lowest BCUT2D eigenvalue weighted by atomic mass is 10.2. The average Bonchev–Trinajstić information content (AvgIpc) is 2.07. The normalized spacial score (nSPS) is 9.17. The highest BCUT2D eigenvalue weighted by Crippen LogP contribution is 2.31. The second kappa shape index (κ2) is 3.11. The van der Waals surface area contributed by atoms with E-state index in [0.29, 0.717) is 0 Å². The van der Waals surface area contributed by atoms with E-state index in [2.05, 4.69) is 10.0 Å². The predicted molar refractivity (Wildman–Crippen MR) is 41.6 cm³/mol. The third kappa shape index (κ3) is 1.31. The van der Waals surface area contributed by atoms with Gasteiger partial charge >= 0.3 is 0 Å². The second-order valence-electron chi connectivity index (χ2n) is 2.23. The van der Waals surface area contributed by atoms with E-state index < -0.39 is 5.82 Å². The van der Waals surface area contributed by atoms with E-state index in [-0.39, 0.29) is 17.0 Å². The number of nitrogens with zero attached hydrogens (tertiary/aromatic N) is 3.